The van der Waals surface area contributed by atoms with Crippen LogP contribution < -0.4 is 10.0 Å². The largest absolute Gasteiger partial charge is 0.385 e. The normalized spacial score (nSPS) is 19.8. The van der Waals surface area contributed by atoms with E-state index in [-0.39, 0.29) is 0 Å². The fourth-order valence-electron chi connectivity index (χ4n) is 3.31. The van der Waals surface area contributed by atoms with Crippen LogP contribution in [0.4, 0.5) is 5.69 Å². The van der Waals surface area contributed by atoms with E-state index in [0.717, 1.165) is 37.9 Å². The van der Waals surface area contributed by atoms with Gasteiger partial charge in [0.2, 0.25) is 10.0 Å². The van der Waals surface area contributed by atoms with Crippen molar-refractivity contribution in [3.8, 4) is 0 Å². The summed E-state index contributed by atoms with van der Waals surface area (Å²) in [7, 11) is -3.38. The van der Waals surface area contributed by atoms with Crippen LogP contribution >= 0.6 is 0 Å². The van der Waals surface area contributed by atoms with Gasteiger partial charge in [-0.05, 0) is 49.3 Å². The van der Waals surface area contributed by atoms with Crippen LogP contribution in [0.2, 0.25) is 0 Å². The molecular formula is C16H24N2O2S. The van der Waals surface area contributed by atoms with Gasteiger partial charge in [-0.3, -0.25) is 0 Å². The van der Waals surface area contributed by atoms with Crippen LogP contribution in [0.3, 0.4) is 0 Å². The Hall–Kier alpha value is -1.07. The molecule has 0 unspecified atom stereocenters. The van der Waals surface area contributed by atoms with E-state index in [4.69, 9.17) is 0 Å². The predicted molar refractivity (Wildman–Crippen MR) is 85.0 cm³/mol. The number of benzene rings is 1. The summed E-state index contributed by atoms with van der Waals surface area (Å²) in [5, 5.41) is 3.29. The van der Waals surface area contributed by atoms with Crippen molar-refractivity contribution >= 4 is 15.7 Å². The van der Waals surface area contributed by atoms with E-state index in [1.807, 2.05) is 6.07 Å². The van der Waals surface area contributed by atoms with Crippen LogP contribution in [0, 0.1) is 5.92 Å². The third-order valence-electron chi connectivity index (χ3n) is 4.62. The summed E-state index contributed by atoms with van der Waals surface area (Å²) in [6.45, 7) is 1.50. The molecule has 3 rings (SSSR count). The third-order valence-corrected chi connectivity index (χ3v) is 6.04. The molecule has 1 aromatic carbocycles. The van der Waals surface area contributed by atoms with Gasteiger partial charge in [-0.2, -0.15) is 0 Å². The maximum absolute atomic E-state index is 12.4. The zero-order chi connectivity index (χ0) is 14.7. The van der Waals surface area contributed by atoms with E-state index in [0.29, 0.717) is 17.4 Å². The Bertz CT molecular complexity index is 592. The number of fused-ring (bicyclic) bond motifs is 1. The number of hydrogen-bond acceptors (Lipinski definition) is 3. The highest BCUT2D eigenvalue weighted by atomic mass is 32.2. The first-order valence-corrected chi connectivity index (χ1v) is 9.50. The van der Waals surface area contributed by atoms with Gasteiger partial charge in [-0.15, -0.1) is 0 Å². The molecule has 116 valence electrons. The standard InChI is InChI=1S/C16H24N2O2S/c19-21(20,18-12-13-5-2-1-3-6-13)15-9-8-14-7-4-10-17-16(14)11-15/h8-9,11,13,17-18H,1-7,10,12H2. The van der Waals surface area contributed by atoms with Crippen molar-refractivity contribution in [2.45, 2.75) is 49.8 Å². The van der Waals surface area contributed by atoms with Gasteiger partial charge in [0.25, 0.3) is 0 Å². The molecule has 1 fully saturated rings. The molecule has 1 aliphatic carbocycles. The Morgan fingerprint density at radius 3 is 2.76 bits per heavy atom. The summed E-state index contributed by atoms with van der Waals surface area (Å²) >= 11 is 0. The lowest BCUT2D eigenvalue weighted by Gasteiger charge is -2.22. The molecule has 0 amide bonds. The topological polar surface area (TPSA) is 58.2 Å². The SMILES string of the molecule is O=S(=O)(NCC1CCCCC1)c1ccc2c(c1)NCCC2. The molecule has 5 heteroatoms. The molecule has 21 heavy (non-hydrogen) atoms. The Labute approximate surface area is 127 Å². The van der Waals surface area contributed by atoms with Crippen molar-refractivity contribution in [2.24, 2.45) is 5.92 Å². The first-order chi connectivity index (χ1) is 10.1. The van der Waals surface area contributed by atoms with Crippen molar-refractivity contribution in [1.82, 2.24) is 4.72 Å². The van der Waals surface area contributed by atoms with Gasteiger partial charge in [0.15, 0.2) is 0 Å². The van der Waals surface area contributed by atoms with Crippen LogP contribution in [0.15, 0.2) is 23.1 Å². The monoisotopic (exact) mass is 308 g/mol. The van der Waals surface area contributed by atoms with Crippen molar-refractivity contribution in [3.05, 3.63) is 23.8 Å². The zero-order valence-electron chi connectivity index (χ0n) is 12.4. The number of nitrogens with one attached hydrogen (secondary N) is 2. The summed E-state index contributed by atoms with van der Waals surface area (Å²) in [5.41, 5.74) is 2.19. The molecule has 0 bridgehead atoms. The summed E-state index contributed by atoms with van der Waals surface area (Å²) in [4.78, 5) is 0.381. The Morgan fingerprint density at radius 1 is 1.14 bits per heavy atom. The van der Waals surface area contributed by atoms with Crippen LogP contribution in [-0.4, -0.2) is 21.5 Å². The zero-order valence-corrected chi connectivity index (χ0v) is 13.2. The highest BCUT2D eigenvalue weighted by Crippen LogP contribution is 2.26. The average molecular weight is 308 g/mol. The average Bonchev–Trinajstić information content (AvgIpc) is 2.53. The first kappa shape index (κ1) is 14.9. The molecular weight excluding hydrogens is 284 g/mol. The summed E-state index contributed by atoms with van der Waals surface area (Å²) in [6.07, 6.45) is 8.18. The van der Waals surface area contributed by atoms with Crippen molar-refractivity contribution in [1.29, 1.82) is 0 Å². The molecule has 1 saturated carbocycles. The highest BCUT2D eigenvalue weighted by molar-refractivity contribution is 7.89. The maximum Gasteiger partial charge on any atom is 0.240 e. The molecule has 1 aliphatic heterocycles. The summed E-state index contributed by atoms with van der Waals surface area (Å²) in [5.74, 6) is 0.504. The lowest BCUT2D eigenvalue weighted by Crippen LogP contribution is -2.30. The Balaban J connectivity index is 1.69. The number of rotatable bonds is 4. The Kier molecular flexibility index (Phi) is 4.50. The molecule has 0 aromatic heterocycles. The maximum atomic E-state index is 12.4. The smallest absolute Gasteiger partial charge is 0.240 e. The predicted octanol–water partition coefficient (Wildman–Crippen LogP) is 2.90. The van der Waals surface area contributed by atoms with Gasteiger partial charge in [0.1, 0.15) is 0 Å². The van der Waals surface area contributed by atoms with Gasteiger partial charge in [-0.1, -0.05) is 25.3 Å². The van der Waals surface area contributed by atoms with Gasteiger partial charge in [0.05, 0.1) is 4.90 Å². The lowest BCUT2D eigenvalue weighted by molar-refractivity contribution is 0.357. The fourth-order valence-corrected chi connectivity index (χ4v) is 4.45. The van der Waals surface area contributed by atoms with E-state index >= 15 is 0 Å². The van der Waals surface area contributed by atoms with E-state index in [1.165, 1.54) is 24.8 Å². The number of hydrogen-bond donors (Lipinski definition) is 2. The minimum absolute atomic E-state index is 0.381. The highest BCUT2D eigenvalue weighted by Gasteiger charge is 2.20. The number of anilines is 1. The van der Waals surface area contributed by atoms with E-state index < -0.39 is 10.0 Å². The second-order valence-electron chi connectivity index (χ2n) is 6.21. The molecule has 0 atom stereocenters. The quantitative estimate of drug-likeness (QED) is 0.899. The minimum Gasteiger partial charge on any atom is -0.385 e. The molecule has 1 aromatic rings. The fraction of sp³-hybridized carbons (Fsp3) is 0.625. The van der Waals surface area contributed by atoms with Crippen LogP contribution in [0.25, 0.3) is 0 Å². The molecule has 0 spiro atoms. The van der Waals surface area contributed by atoms with E-state index in [9.17, 15) is 8.42 Å². The lowest BCUT2D eigenvalue weighted by atomic mass is 9.90. The van der Waals surface area contributed by atoms with E-state index in [2.05, 4.69) is 10.0 Å². The van der Waals surface area contributed by atoms with Gasteiger partial charge < -0.3 is 5.32 Å². The molecule has 0 saturated heterocycles. The minimum atomic E-state index is -3.38. The summed E-state index contributed by atoms with van der Waals surface area (Å²) in [6, 6.07) is 5.45. The van der Waals surface area contributed by atoms with Gasteiger partial charge in [-0.25, -0.2) is 13.1 Å². The molecule has 4 nitrogen and oxygen atoms in total. The third kappa shape index (κ3) is 3.58. The number of aryl methyl sites for hydroxylation is 1. The van der Waals surface area contributed by atoms with Crippen LogP contribution in [0.1, 0.15) is 44.1 Å². The van der Waals surface area contributed by atoms with E-state index in [1.54, 1.807) is 12.1 Å². The summed E-state index contributed by atoms with van der Waals surface area (Å²) < 4.78 is 27.6. The molecule has 2 aliphatic rings. The second-order valence-corrected chi connectivity index (χ2v) is 7.97. The van der Waals surface area contributed by atoms with Gasteiger partial charge >= 0.3 is 0 Å². The van der Waals surface area contributed by atoms with Crippen molar-refractivity contribution in [3.63, 3.8) is 0 Å². The Morgan fingerprint density at radius 2 is 1.95 bits per heavy atom. The van der Waals surface area contributed by atoms with Crippen LogP contribution in [-0.2, 0) is 16.4 Å². The van der Waals surface area contributed by atoms with Crippen LogP contribution in [0.5, 0.6) is 0 Å². The molecule has 0 radical (unpaired) electrons. The van der Waals surface area contributed by atoms with Crippen molar-refractivity contribution in [2.75, 3.05) is 18.4 Å². The number of sulfonamides is 1. The van der Waals surface area contributed by atoms with Gasteiger partial charge in [0, 0.05) is 18.8 Å². The molecule has 1 heterocycles. The molecule has 2 N–H and O–H groups in total. The second kappa shape index (κ2) is 6.36. The first-order valence-electron chi connectivity index (χ1n) is 8.02. The van der Waals surface area contributed by atoms with Crippen molar-refractivity contribution < 1.29 is 8.42 Å².